The molecule has 6 nitrogen and oxygen atoms in total. The minimum Gasteiger partial charge on any atom is -0.462 e. The molecule has 0 bridgehead atoms. The first-order valence-corrected chi connectivity index (χ1v) is 21.8. The van der Waals surface area contributed by atoms with Gasteiger partial charge in [-0.2, -0.15) is 0 Å². The lowest BCUT2D eigenvalue weighted by Gasteiger charge is -2.18. The molecule has 0 aromatic heterocycles. The maximum Gasteiger partial charge on any atom is 0.306 e. The predicted molar refractivity (Wildman–Crippen MR) is 215 cm³/mol. The summed E-state index contributed by atoms with van der Waals surface area (Å²) in [7, 11) is 0. The zero-order valence-electron chi connectivity index (χ0n) is 33.9. The van der Waals surface area contributed by atoms with E-state index in [1.165, 1.54) is 122 Å². The molecule has 298 valence electrons. The maximum absolute atomic E-state index is 12.6. The maximum atomic E-state index is 12.6. The van der Waals surface area contributed by atoms with E-state index < -0.39 is 6.10 Å². The van der Waals surface area contributed by atoms with Gasteiger partial charge in [0.05, 0.1) is 0 Å². The van der Waals surface area contributed by atoms with Gasteiger partial charge in [0.2, 0.25) is 0 Å². The van der Waals surface area contributed by atoms with Crippen LogP contribution in [0.5, 0.6) is 0 Å². The minimum absolute atomic E-state index is 0.0708. The van der Waals surface area contributed by atoms with Gasteiger partial charge in [-0.15, -0.1) is 0 Å². The van der Waals surface area contributed by atoms with E-state index >= 15 is 0 Å². The van der Waals surface area contributed by atoms with Crippen molar-refractivity contribution in [2.45, 2.75) is 232 Å². The van der Waals surface area contributed by atoms with Gasteiger partial charge in [0, 0.05) is 19.3 Å². The molecule has 1 unspecified atom stereocenters. The molecule has 0 N–H and O–H groups in total. The lowest BCUT2D eigenvalue weighted by molar-refractivity contribution is -0.167. The van der Waals surface area contributed by atoms with Crippen molar-refractivity contribution in [1.82, 2.24) is 0 Å². The van der Waals surface area contributed by atoms with Crippen molar-refractivity contribution in [3.8, 4) is 0 Å². The van der Waals surface area contributed by atoms with E-state index in [2.05, 4.69) is 45.1 Å². The van der Waals surface area contributed by atoms with Crippen molar-refractivity contribution in [3.63, 3.8) is 0 Å². The van der Waals surface area contributed by atoms with E-state index in [0.717, 1.165) is 64.2 Å². The molecule has 0 aromatic rings. The molecule has 0 aromatic carbocycles. The van der Waals surface area contributed by atoms with Crippen LogP contribution in [-0.4, -0.2) is 37.2 Å². The molecular formula is C45H82O6. The summed E-state index contributed by atoms with van der Waals surface area (Å²) in [6.07, 6.45) is 43.3. The highest BCUT2D eigenvalue weighted by Crippen LogP contribution is 2.14. The van der Waals surface area contributed by atoms with Gasteiger partial charge in [-0.05, 0) is 51.4 Å². The zero-order chi connectivity index (χ0) is 37.3. The molecule has 0 amide bonds. The van der Waals surface area contributed by atoms with Crippen molar-refractivity contribution >= 4 is 17.9 Å². The van der Waals surface area contributed by atoms with Gasteiger partial charge in [-0.3, -0.25) is 14.4 Å². The molecule has 0 aliphatic heterocycles. The highest BCUT2D eigenvalue weighted by molar-refractivity contribution is 5.71. The predicted octanol–water partition coefficient (Wildman–Crippen LogP) is 13.6. The third-order valence-electron chi connectivity index (χ3n) is 9.46. The fourth-order valence-electron chi connectivity index (χ4n) is 6.12. The minimum atomic E-state index is -0.762. The Labute approximate surface area is 315 Å². The van der Waals surface area contributed by atoms with Crippen LogP contribution in [0.2, 0.25) is 0 Å². The second kappa shape index (κ2) is 40.7. The molecule has 51 heavy (non-hydrogen) atoms. The molecule has 6 heteroatoms. The Morgan fingerprint density at radius 2 is 0.706 bits per heavy atom. The average Bonchev–Trinajstić information content (AvgIpc) is 3.13. The van der Waals surface area contributed by atoms with Crippen molar-refractivity contribution in [2.75, 3.05) is 13.2 Å². The number of carbonyl (C=O) groups excluding carboxylic acids is 3. The second-order valence-electron chi connectivity index (χ2n) is 14.6. The average molecular weight is 719 g/mol. The normalized spacial score (nSPS) is 12.1. The Morgan fingerprint density at radius 3 is 1.12 bits per heavy atom. The molecular weight excluding hydrogens is 636 g/mol. The highest BCUT2D eigenvalue weighted by atomic mass is 16.6. The zero-order valence-corrected chi connectivity index (χ0v) is 33.9. The Kier molecular flexibility index (Phi) is 39.0. The summed E-state index contributed by atoms with van der Waals surface area (Å²) in [5.41, 5.74) is 0. The quantitative estimate of drug-likeness (QED) is 0.0272. The molecule has 0 aliphatic carbocycles. The van der Waals surface area contributed by atoms with E-state index in [1.54, 1.807) is 0 Å². The van der Waals surface area contributed by atoms with Crippen LogP contribution in [0.4, 0.5) is 0 Å². The van der Waals surface area contributed by atoms with Crippen LogP contribution in [-0.2, 0) is 28.6 Å². The number of hydrogen-bond donors (Lipinski definition) is 0. The van der Waals surface area contributed by atoms with Crippen molar-refractivity contribution < 1.29 is 28.6 Å². The van der Waals surface area contributed by atoms with Crippen molar-refractivity contribution in [2.24, 2.45) is 0 Å². The molecule has 0 fully saturated rings. The first-order valence-electron chi connectivity index (χ1n) is 21.8. The molecule has 0 saturated carbocycles. The summed E-state index contributed by atoms with van der Waals surface area (Å²) in [5.74, 6) is -0.887. The number of ether oxygens (including phenoxy) is 3. The van der Waals surface area contributed by atoms with Crippen LogP contribution in [0.3, 0.4) is 0 Å². The van der Waals surface area contributed by atoms with E-state index in [4.69, 9.17) is 14.2 Å². The fraction of sp³-hybridized carbons (Fsp3) is 0.844. The summed E-state index contributed by atoms with van der Waals surface area (Å²) in [6, 6.07) is 0. The highest BCUT2D eigenvalue weighted by Gasteiger charge is 2.19. The van der Waals surface area contributed by atoms with Crippen molar-refractivity contribution in [3.05, 3.63) is 24.3 Å². The largest absolute Gasteiger partial charge is 0.462 e. The van der Waals surface area contributed by atoms with Crippen LogP contribution in [0, 0.1) is 0 Å². The van der Waals surface area contributed by atoms with Crippen LogP contribution in [0.1, 0.15) is 226 Å². The van der Waals surface area contributed by atoms with E-state index in [1.807, 2.05) is 0 Å². The first-order chi connectivity index (χ1) is 25.0. The van der Waals surface area contributed by atoms with Gasteiger partial charge in [0.15, 0.2) is 6.10 Å². The number of hydrogen-bond acceptors (Lipinski definition) is 6. The third-order valence-corrected chi connectivity index (χ3v) is 9.46. The van der Waals surface area contributed by atoms with Gasteiger partial charge in [-0.1, -0.05) is 180 Å². The number of rotatable bonds is 39. The van der Waals surface area contributed by atoms with E-state index in [-0.39, 0.29) is 31.1 Å². The molecule has 0 rings (SSSR count). The third kappa shape index (κ3) is 38.9. The van der Waals surface area contributed by atoms with Gasteiger partial charge in [-0.25, -0.2) is 0 Å². The van der Waals surface area contributed by atoms with Gasteiger partial charge in [0.25, 0.3) is 0 Å². The van der Waals surface area contributed by atoms with Gasteiger partial charge >= 0.3 is 17.9 Å². The summed E-state index contributed by atoms with van der Waals surface area (Å²) in [6.45, 7) is 6.51. The van der Waals surface area contributed by atoms with Gasteiger partial charge in [0.1, 0.15) is 13.2 Å². The molecule has 0 heterocycles. The summed E-state index contributed by atoms with van der Waals surface area (Å²) < 4.78 is 16.6. The first kappa shape index (κ1) is 48.9. The van der Waals surface area contributed by atoms with E-state index in [9.17, 15) is 14.4 Å². The summed E-state index contributed by atoms with van der Waals surface area (Å²) in [5, 5.41) is 0. The fourth-order valence-corrected chi connectivity index (χ4v) is 6.12. The summed E-state index contributed by atoms with van der Waals surface area (Å²) >= 11 is 0. The molecule has 1 atom stereocenters. The molecule has 0 spiro atoms. The lowest BCUT2D eigenvalue weighted by Crippen LogP contribution is -2.30. The molecule has 0 saturated heterocycles. The standard InChI is InChI=1S/C45H82O6/c1-4-7-10-13-16-18-19-20-21-22-23-24-25-26-27-28-30-32-35-38-44(47)50-41-42(40-49-43(46)37-34-31-15-12-9-6-3)51-45(48)39-36-33-29-17-14-11-8-5-2/h16,18,20-21,42H,4-15,17,19,22-41H2,1-3H3/b18-16-,21-20-. The Morgan fingerprint density at radius 1 is 0.392 bits per heavy atom. The van der Waals surface area contributed by atoms with Crippen LogP contribution in [0.25, 0.3) is 0 Å². The van der Waals surface area contributed by atoms with Gasteiger partial charge < -0.3 is 14.2 Å². The summed E-state index contributed by atoms with van der Waals surface area (Å²) in [4.78, 5) is 37.4. The topological polar surface area (TPSA) is 78.9 Å². The number of esters is 3. The van der Waals surface area contributed by atoms with E-state index in [0.29, 0.717) is 19.3 Å². The number of unbranched alkanes of at least 4 members (excludes halogenated alkanes) is 24. The Hall–Kier alpha value is -2.11. The molecule has 0 radical (unpaired) electrons. The smallest absolute Gasteiger partial charge is 0.306 e. The lowest BCUT2D eigenvalue weighted by atomic mass is 10.1. The van der Waals surface area contributed by atoms with Crippen LogP contribution < -0.4 is 0 Å². The van der Waals surface area contributed by atoms with Crippen LogP contribution in [0.15, 0.2) is 24.3 Å². The Bertz CT molecular complexity index is 835. The number of allylic oxidation sites excluding steroid dienone is 4. The van der Waals surface area contributed by atoms with Crippen molar-refractivity contribution in [1.29, 1.82) is 0 Å². The van der Waals surface area contributed by atoms with Crippen LogP contribution >= 0.6 is 0 Å². The SMILES string of the molecule is CCCCC/C=C\C/C=C\CCCCCCCCCCCC(=O)OCC(COC(=O)CCCCCCCC)OC(=O)CCCCCCCCCC. The molecule has 0 aliphatic rings. The monoisotopic (exact) mass is 719 g/mol. The number of carbonyl (C=O) groups is 3. The second-order valence-corrected chi connectivity index (χ2v) is 14.6. The Balaban J connectivity index is 4.15.